The molecule has 2 aromatic rings. The fraction of sp³-hybridized carbons (Fsp3) is 0.400. The van der Waals surface area contributed by atoms with Crippen LogP contribution < -0.4 is 14.8 Å². The zero-order chi connectivity index (χ0) is 18.4. The van der Waals surface area contributed by atoms with Crippen molar-refractivity contribution in [3.05, 3.63) is 52.0 Å². The van der Waals surface area contributed by atoms with Crippen LogP contribution in [0.2, 0.25) is 5.02 Å². The Morgan fingerprint density at radius 2 is 1.81 bits per heavy atom. The molecular weight excluding hydrogens is 373 g/mol. The van der Waals surface area contributed by atoms with E-state index in [2.05, 4.69) is 12.2 Å². The maximum Gasteiger partial charge on any atom is 0.160 e. The predicted octanol–water partition coefficient (Wildman–Crippen LogP) is 4.69. The number of aromatic hydroxyl groups is 1. The van der Waals surface area contributed by atoms with Crippen molar-refractivity contribution >= 4 is 24.0 Å². The average Bonchev–Trinajstić information content (AvgIpc) is 2.55. The number of nitrogens with one attached hydrogen (secondary N) is 1. The third-order valence-corrected chi connectivity index (χ3v) is 4.27. The molecule has 0 aliphatic rings. The fourth-order valence-corrected chi connectivity index (χ4v) is 3.06. The van der Waals surface area contributed by atoms with E-state index in [4.69, 9.17) is 21.1 Å². The Morgan fingerprint density at radius 3 is 2.42 bits per heavy atom. The molecule has 0 amide bonds. The van der Waals surface area contributed by atoms with Gasteiger partial charge in [0.15, 0.2) is 11.5 Å². The number of methoxy groups -OCH3 is 1. The summed E-state index contributed by atoms with van der Waals surface area (Å²) < 4.78 is 11.1. The van der Waals surface area contributed by atoms with Crippen molar-refractivity contribution in [1.82, 2.24) is 5.32 Å². The standard InChI is InChI=1S/C20H26ClNO3.ClH/c1-13-9-17(21)10-14(2)20(13)25-12-15(3)22-8-7-16-5-6-18(23)19(11-16)24-4;/h5-6,9-11,15,22-23H,7-8,12H2,1-4H3;1H. The van der Waals surface area contributed by atoms with Gasteiger partial charge in [-0.25, -0.2) is 0 Å². The van der Waals surface area contributed by atoms with E-state index in [1.54, 1.807) is 13.2 Å². The predicted molar refractivity (Wildman–Crippen MR) is 109 cm³/mol. The molecule has 2 N–H and O–H groups in total. The van der Waals surface area contributed by atoms with Crippen LogP contribution in [0.3, 0.4) is 0 Å². The van der Waals surface area contributed by atoms with Crippen LogP contribution in [0.25, 0.3) is 0 Å². The maximum atomic E-state index is 9.62. The number of hydrogen-bond donors (Lipinski definition) is 2. The van der Waals surface area contributed by atoms with E-state index >= 15 is 0 Å². The number of aryl methyl sites for hydroxylation is 2. The van der Waals surface area contributed by atoms with Crippen LogP contribution in [0.15, 0.2) is 30.3 Å². The van der Waals surface area contributed by atoms with Gasteiger partial charge in [-0.2, -0.15) is 0 Å². The average molecular weight is 400 g/mol. The Kier molecular flexibility index (Phi) is 9.06. The van der Waals surface area contributed by atoms with Crippen molar-refractivity contribution in [2.45, 2.75) is 33.2 Å². The SMILES string of the molecule is COc1cc(CCNC(C)COc2c(C)cc(Cl)cc2C)ccc1O.Cl. The normalized spacial score (nSPS) is 11.6. The third kappa shape index (κ3) is 6.27. The van der Waals surface area contributed by atoms with Gasteiger partial charge >= 0.3 is 0 Å². The van der Waals surface area contributed by atoms with Crippen LogP contribution >= 0.6 is 24.0 Å². The Labute approximate surface area is 166 Å². The van der Waals surface area contributed by atoms with Crippen molar-refractivity contribution in [2.75, 3.05) is 20.3 Å². The lowest BCUT2D eigenvalue weighted by molar-refractivity contribution is 0.271. The second kappa shape index (κ2) is 10.5. The zero-order valence-electron chi connectivity index (χ0n) is 15.6. The molecule has 0 spiro atoms. The summed E-state index contributed by atoms with van der Waals surface area (Å²) in [4.78, 5) is 0. The summed E-state index contributed by atoms with van der Waals surface area (Å²) in [6.07, 6.45) is 0.847. The first kappa shape index (κ1) is 22.4. The Morgan fingerprint density at radius 1 is 1.15 bits per heavy atom. The first-order valence-electron chi connectivity index (χ1n) is 8.39. The highest BCUT2D eigenvalue weighted by Crippen LogP contribution is 2.27. The summed E-state index contributed by atoms with van der Waals surface area (Å²) >= 11 is 6.05. The number of rotatable bonds is 8. The molecule has 0 fully saturated rings. The molecule has 0 aliphatic carbocycles. The highest BCUT2D eigenvalue weighted by Gasteiger charge is 2.09. The van der Waals surface area contributed by atoms with E-state index in [-0.39, 0.29) is 24.2 Å². The Balaban J connectivity index is 0.00000338. The van der Waals surface area contributed by atoms with Crippen LogP contribution in [0.5, 0.6) is 17.2 Å². The lowest BCUT2D eigenvalue weighted by Crippen LogP contribution is -2.33. The van der Waals surface area contributed by atoms with Crippen molar-refractivity contribution in [3.8, 4) is 17.2 Å². The van der Waals surface area contributed by atoms with E-state index in [9.17, 15) is 5.11 Å². The summed E-state index contributed by atoms with van der Waals surface area (Å²) in [5.74, 6) is 1.57. The molecule has 0 heterocycles. The molecule has 2 aromatic carbocycles. The van der Waals surface area contributed by atoms with Crippen LogP contribution in [0, 0.1) is 13.8 Å². The van der Waals surface area contributed by atoms with Crippen LogP contribution in [-0.2, 0) is 6.42 Å². The van der Waals surface area contributed by atoms with Gasteiger partial charge in [0, 0.05) is 11.1 Å². The first-order valence-corrected chi connectivity index (χ1v) is 8.77. The van der Waals surface area contributed by atoms with E-state index < -0.39 is 0 Å². The molecule has 26 heavy (non-hydrogen) atoms. The van der Waals surface area contributed by atoms with Gasteiger partial charge in [0.05, 0.1) is 7.11 Å². The minimum atomic E-state index is 0. The summed E-state index contributed by atoms with van der Waals surface area (Å²) in [5, 5.41) is 13.8. The number of phenols is 1. The fourth-order valence-electron chi connectivity index (χ4n) is 2.73. The van der Waals surface area contributed by atoms with Crippen molar-refractivity contribution < 1.29 is 14.6 Å². The number of halogens is 2. The van der Waals surface area contributed by atoms with Crippen LogP contribution in [-0.4, -0.2) is 31.4 Å². The lowest BCUT2D eigenvalue weighted by Gasteiger charge is -2.18. The molecule has 1 unspecified atom stereocenters. The Hall–Kier alpha value is -1.62. The molecule has 0 aromatic heterocycles. The van der Waals surface area contributed by atoms with Gasteiger partial charge in [-0.3, -0.25) is 0 Å². The molecule has 1 atom stereocenters. The second-order valence-electron chi connectivity index (χ2n) is 6.29. The zero-order valence-corrected chi connectivity index (χ0v) is 17.2. The Bertz CT molecular complexity index is 699. The van der Waals surface area contributed by atoms with Gasteiger partial charge < -0.3 is 19.9 Å². The molecule has 0 aliphatic heterocycles. The maximum absolute atomic E-state index is 9.62. The van der Waals surface area contributed by atoms with Crippen molar-refractivity contribution in [2.24, 2.45) is 0 Å². The minimum Gasteiger partial charge on any atom is -0.504 e. The largest absolute Gasteiger partial charge is 0.504 e. The summed E-state index contributed by atoms with van der Waals surface area (Å²) in [6.45, 7) is 7.51. The number of benzene rings is 2. The van der Waals surface area contributed by atoms with Gasteiger partial charge in [-0.05, 0) is 74.7 Å². The van der Waals surface area contributed by atoms with Gasteiger partial charge in [-0.1, -0.05) is 17.7 Å². The molecule has 144 valence electrons. The smallest absolute Gasteiger partial charge is 0.160 e. The highest BCUT2D eigenvalue weighted by molar-refractivity contribution is 6.30. The van der Waals surface area contributed by atoms with Crippen molar-refractivity contribution in [1.29, 1.82) is 0 Å². The molecule has 4 nitrogen and oxygen atoms in total. The number of phenolic OH excluding ortho intramolecular Hbond substituents is 1. The van der Waals surface area contributed by atoms with E-state index in [1.807, 2.05) is 38.1 Å². The summed E-state index contributed by atoms with van der Waals surface area (Å²) in [7, 11) is 1.55. The van der Waals surface area contributed by atoms with Gasteiger partial charge in [0.25, 0.3) is 0 Å². The summed E-state index contributed by atoms with van der Waals surface area (Å²) in [5.41, 5.74) is 3.21. The van der Waals surface area contributed by atoms with E-state index in [1.165, 1.54) is 0 Å². The third-order valence-electron chi connectivity index (χ3n) is 4.05. The van der Waals surface area contributed by atoms with E-state index in [0.29, 0.717) is 12.4 Å². The molecule has 0 bridgehead atoms. The monoisotopic (exact) mass is 399 g/mol. The number of hydrogen-bond acceptors (Lipinski definition) is 4. The second-order valence-corrected chi connectivity index (χ2v) is 6.73. The van der Waals surface area contributed by atoms with Gasteiger partial charge in [0.1, 0.15) is 12.4 Å². The first-order chi connectivity index (χ1) is 11.9. The number of ether oxygens (including phenoxy) is 2. The molecule has 0 saturated carbocycles. The van der Waals surface area contributed by atoms with Crippen LogP contribution in [0.1, 0.15) is 23.6 Å². The van der Waals surface area contributed by atoms with Gasteiger partial charge in [-0.15, -0.1) is 12.4 Å². The van der Waals surface area contributed by atoms with Gasteiger partial charge in [0.2, 0.25) is 0 Å². The molecule has 0 radical (unpaired) electrons. The topological polar surface area (TPSA) is 50.7 Å². The summed E-state index contributed by atoms with van der Waals surface area (Å²) in [6, 6.07) is 9.47. The quantitative estimate of drug-likeness (QED) is 0.675. The molecule has 6 heteroatoms. The van der Waals surface area contributed by atoms with Crippen molar-refractivity contribution in [3.63, 3.8) is 0 Å². The molecule has 0 saturated heterocycles. The molecular formula is C20H27Cl2NO3. The lowest BCUT2D eigenvalue weighted by atomic mass is 10.1. The minimum absolute atomic E-state index is 0. The van der Waals surface area contributed by atoms with E-state index in [0.717, 1.165) is 40.4 Å². The molecule has 2 rings (SSSR count). The highest BCUT2D eigenvalue weighted by atomic mass is 35.5. The van der Waals surface area contributed by atoms with Crippen LogP contribution in [0.4, 0.5) is 0 Å².